The number of rotatable bonds is 8. The van der Waals surface area contributed by atoms with E-state index in [1.165, 1.54) is 12.5 Å². The normalized spacial score (nSPS) is 10.0. The van der Waals surface area contributed by atoms with Gasteiger partial charge in [0.25, 0.3) is 0 Å². The Balaban J connectivity index is 2.08. The highest BCUT2D eigenvalue weighted by molar-refractivity contribution is 5.84. The molecule has 0 aromatic carbocycles. The first-order valence-electron chi connectivity index (χ1n) is 6.50. The molecule has 0 radical (unpaired) electrons. The fourth-order valence-corrected chi connectivity index (χ4v) is 1.57. The van der Waals surface area contributed by atoms with Crippen LogP contribution in [0.2, 0.25) is 0 Å². The second-order valence-electron chi connectivity index (χ2n) is 4.58. The first-order valence-corrected chi connectivity index (χ1v) is 6.50. The van der Waals surface area contributed by atoms with Gasteiger partial charge in [-0.1, -0.05) is 0 Å². The van der Waals surface area contributed by atoms with Gasteiger partial charge < -0.3 is 10.6 Å². The standard InChI is InChI=1S/C14H21N3O2/c1-11-6-8-16-13(9-11)15-7-4-3-5-14(19)17-10-12(2)18/h6,8-9H,3-5,7,10H2,1-2H3,(H,15,16)(H,17,19). The third-order valence-corrected chi connectivity index (χ3v) is 2.59. The number of hydrogen-bond donors (Lipinski definition) is 2. The number of anilines is 1. The SMILES string of the molecule is CC(=O)CNC(=O)CCCCNc1cc(C)ccn1. The summed E-state index contributed by atoms with van der Waals surface area (Å²) in [6.45, 7) is 4.39. The smallest absolute Gasteiger partial charge is 0.220 e. The number of pyridine rings is 1. The van der Waals surface area contributed by atoms with Gasteiger partial charge in [0, 0.05) is 19.2 Å². The Labute approximate surface area is 113 Å². The van der Waals surface area contributed by atoms with E-state index in [4.69, 9.17) is 0 Å². The van der Waals surface area contributed by atoms with Crippen LogP contribution in [0.1, 0.15) is 31.7 Å². The summed E-state index contributed by atoms with van der Waals surface area (Å²) in [5.41, 5.74) is 1.17. The van der Waals surface area contributed by atoms with E-state index in [9.17, 15) is 9.59 Å². The van der Waals surface area contributed by atoms with Gasteiger partial charge in [-0.15, -0.1) is 0 Å². The van der Waals surface area contributed by atoms with Crippen LogP contribution >= 0.6 is 0 Å². The maximum Gasteiger partial charge on any atom is 0.220 e. The molecule has 1 amide bonds. The second-order valence-corrected chi connectivity index (χ2v) is 4.58. The number of unbranched alkanes of at least 4 members (excludes halogenated alkanes) is 1. The summed E-state index contributed by atoms with van der Waals surface area (Å²) in [6, 6.07) is 3.93. The summed E-state index contributed by atoms with van der Waals surface area (Å²) in [5, 5.41) is 5.79. The Morgan fingerprint density at radius 1 is 1.32 bits per heavy atom. The third-order valence-electron chi connectivity index (χ3n) is 2.59. The van der Waals surface area contributed by atoms with Crippen molar-refractivity contribution in [1.29, 1.82) is 0 Å². The molecule has 0 saturated heterocycles. The van der Waals surface area contributed by atoms with Gasteiger partial charge in [-0.2, -0.15) is 0 Å². The first-order chi connectivity index (χ1) is 9.08. The molecular weight excluding hydrogens is 242 g/mol. The van der Waals surface area contributed by atoms with Gasteiger partial charge >= 0.3 is 0 Å². The van der Waals surface area contributed by atoms with Crippen LogP contribution in [0, 0.1) is 6.92 Å². The Hall–Kier alpha value is -1.91. The van der Waals surface area contributed by atoms with Crippen LogP contribution in [0.15, 0.2) is 18.3 Å². The third kappa shape index (κ3) is 7.18. The van der Waals surface area contributed by atoms with E-state index in [1.807, 2.05) is 19.1 Å². The van der Waals surface area contributed by atoms with E-state index in [0.717, 1.165) is 25.2 Å². The van der Waals surface area contributed by atoms with Crippen molar-refractivity contribution in [2.24, 2.45) is 0 Å². The molecular formula is C14H21N3O2. The number of nitrogens with zero attached hydrogens (tertiary/aromatic N) is 1. The topological polar surface area (TPSA) is 71.1 Å². The van der Waals surface area contributed by atoms with Crippen molar-refractivity contribution in [3.8, 4) is 0 Å². The number of aromatic nitrogens is 1. The lowest BCUT2D eigenvalue weighted by molar-refractivity contribution is -0.124. The average Bonchev–Trinajstić information content (AvgIpc) is 2.36. The van der Waals surface area contributed by atoms with Crippen molar-refractivity contribution >= 4 is 17.5 Å². The van der Waals surface area contributed by atoms with Gasteiger partial charge in [0.05, 0.1) is 6.54 Å². The minimum atomic E-state index is -0.0659. The van der Waals surface area contributed by atoms with Gasteiger partial charge in [0.15, 0.2) is 0 Å². The summed E-state index contributed by atoms with van der Waals surface area (Å²) >= 11 is 0. The number of ketones is 1. The van der Waals surface area contributed by atoms with E-state index < -0.39 is 0 Å². The molecule has 0 saturated carbocycles. The predicted octanol–water partition coefficient (Wildman–Crippen LogP) is 1.68. The fourth-order valence-electron chi connectivity index (χ4n) is 1.57. The molecule has 1 heterocycles. The Kier molecular flexibility index (Phi) is 6.57. The molecule has 5 heteroatoms. The number of Topliss-reactive ketones (excluding diaryl/α,β-unsaturated/α-hetero) is 1. The highest BCUT2D eigenvalue weighted by atomic mass is 16.2. The van der Waals surface area contributed by atoms with E-state index in [-0.39, 0.29) is 18.2 Å². The minimum Gasteiger partial charge on any atom is -0.370 e. The van der Waals surface area contributed by atoms with Crippen molar-refractivity contribution in [3.05, 3.63) is 23.9 Å². The monoisotopic (exact) mass is 263 g/mol. The minimum absolute atomic E-state index is 0.0273. The largest absolute Gasteiger partial charge is 0.370 e. The number of aryl methyl sites for hydroxylation is 1. The molecule has 2 N–H and O–H groups in total. The van der Waals surface area contributed by atoms with E-state index in [2.05, 4.69) is 15.6 Å². The Bertz CT molecular complexity index is 432. The van der Waals surface area contributed by atoms with Crippen LogP contribution in [0.25, 0.3) is 0 Å². The van der Waals surface area contributed by atoms with Crippen LogP contribution in [-0.2, 0) is 9.59 Å². The van der Waals surface area contributed by atoms with Gasteiger partial charge in [-0.3, -0.25) is 9.59 Å². The van der Waals surface area contributed by atoms with Gasteiger partial charge in [0.2, 0.25) is 5.91 Å². The zero-order valence-electron chi connectivity index (χ0n) is 11.5. The number of amides is 1. The summed E-state index contributed by atoms with van der Waals surface area (Å²) in [5.74, 6) is 0.769. The fraction of sp³-hybridized carbons (Fsp3) is 0.500. The average molecular weight is 263 g/mol. The Morgan fingerprint density at radius 2 is 2.11 bits per heavy atom. The molecule has 0 aliphatic carbocycles. The number of nitrogens with one attached hydrogen (secondary N) is 2. The number of hydrogen-bond acceptors (Lipinski definition) is 4. The summed E-state index contributed by atoms with van der Waals surface area (Å²) < 4.78 is 0. The van der Waals surface area contributed by atoms with Crippen molar-refractivity contribution in [2.75, 3.05) is 18.4 Å². The highest BCUT2D eigenvalue weighted by Gasteiger charge is 2.01. The van der Waals surface area contributed by atoms with Crippen molar-refractivity contribution in [1.82, 2.24) is 10.3 Å². The van der Waals surface area contributed by atoms with Crippen LogP contribution in [0.4, 0.5) is 5.82 Å². The second kappa shape index (κ2) is 8.24. The molecule has 5 nitrogen and oxygen atoms in total. The first kappa shape index (κ1) is 15.1. The molecule has 0 bridgehead atoms. The lowest BCUT2D eigenvalue weighted by atomic mass is 10.2. The number of carbonyl (C=O) groups is 2. The van der Waals surface area contributed by atoms with E-state index in [0.29, 0.717) is 6.42 Å². The van der Waals surface area contributed by atoms with Gasteiger partial charge in [-0.25, -0.2) is 4.98 Å². The van der Waals surface area contributed by atoms with E-state index >= 15 is 0 Å². The molecule has 1 rings (SSSR count). The van der Waals surface area contributed by atoms with Gasteiger partial charge in [-0.05, 0) is 44.4 Å². The van der Waals surface area contributed by atoms with Crippen molar-refractivity contribution in [2.45, 2.75) is 33.1 Å². The van der Waals surface area contributed by atoms with Crippen LogP contribution in [-0.4, -0.2) is 29.8 Å². The molecule has 1 aromatic heterocycles. The van der Waals surface area contributed by atoms with Crippen LogP contribution in [0.5, 0.6) is 0 Å². The molecule has 0 aliphatic rings. The van der Waals surface area contributed by atoms with Crippen LogP contribution in [0.3, 0.4) is 0 Å². The zero-order chi connectivity index (χ0) is 14.1. The Morgan fingerprint density at radius 3 is 2.79 bits per heavy atom. The quantitative estimate of drug-likeness (QED) is 0.700. The zero-order valence-corrected chi connectivity index (χ0v) is 11.5. The molecule has 0 atom stereocenters. The summed E-state index contributed by atoms with van der Waals surface area (Å²) in [4.78, 5) is 26.2. The summed E-state index contributed by atoms with van der Waals surface area (Å²) in [7, 11) is 0. The molecule has 0 aliphatic heterocycles. The molecule has 104 valence electrons. The lowest BCUT2D eigenvalue weighted by Gasteiger charge is -2.06. The molecule has 0 fully saturated rings. The highest BCUT2D eigenvalue weighted by Crippen LogP contribution is 2.05. The molecule has 1 aromatic rings. The lowest BCUT2D eigenvalue weighted by Crippen LogP contribution is -2.28. The molecule has 19 heavy (non-hydrogen) atoms. The van der Waals surface area contributed by atoms with Crippen molar-refractivity contribution in [3.63, 3.8) is 0 Å². The maximum atomic E-state index is 11.3. The van der Waals surface area contributed by atoms with Gasteiger partial charge in [0.1, 0.15) is 11.6 Å². The van der Waals surface area contributed by atoms with Crippen LogP contribution < -0.4 is 10.6 Å². The summed E-state index contributed by atoms with van der Waals surface area (Å²) in [6.07, 6.45) is 3.91. The van der Waals surface area contributed by atoms with Crippen molar-refractivity contribution < 1.29 is 9.59 Å². The molecule has 0 spiro atoms. The van der Waals surface area contributed by atoms with E-state index in [1.54, 1.807) is 6.20 Å². The maximum absolute atomic E-state index is 11.3. The molecule has 0 unspecified atom stereocenters. The predicted molar refractivity (Wildman–Crippen MR) is 75.0 cm³/mol. The number of carbonyl (C=O) groups excluding carboxylic acids is 2.